The second kappa shape index (κ2) is 12.8. The Morgan fingerprint density at radius 2 is 1.76 bits per heavy atom. The van der Waals surface area contributed by atoms with Crippen molar-refractivity contribution in [1.82, 2.24) is 10.2 Å². The minimum Gasteiger partial charge on any atom is -0.493 e. The number of hydrogen-bond acceptors (Lipinski definition) is 10. The Balaban J connectivity index is 1.25. The van der Waals surface area contributed by atoms with Gasteiger partial charge in [0.25, 0.3) is 22.7 Å². The summed E-state index contributed by atoms with van der Waals surface area (Å²) in [6, 6.07) is 20.5. The topological polar surface area (TPSA) is 162 Å². The Kier molecular flexibility index (Phi) is 8.88. The largest absolute Gasteiger partial charge is 0.493 e. The predicted molar refractivity (Wildman–Crippen MR) is 168 cm³/mol. The van der Waals surface area contributed by atoms with Crippen molar-refractivity contribution in [3.8, 4) is 11.5 Å². The number of methoxy groups -OCH3 is 1. The first-order valence-electron chi connectivity index (χ1n) is 13.4. The summed E-state index contributed by atoms with van der Waals surface area (Å²) in [6.45, 7) is 1.50. The molecule has 1 saturated heterocycles. The average molecular weight is 648 g/mol. The smallest absolute Gasteiger partial charge is 0.339 e. The molecule has 0 aliphatic carbocycles. The molecule has 0 atom stereocenters. The number of nitro groups is 1. The van der Waals surface area contributed by atoms with E-state index in [2.05, 4.69) is 5.32 Å². The Labute approximate surface area is 261 Å². The molecule has 5 rings (SSSR count). The first-order valence-corrected chi connectivity index (χ1v) is 15.6. The maximum Gasteiger partial charge on any atom is 0.339 e. The highest BCUT2D eigenvalue weighted by Gasteiger charge is 2.35. The van der Waals surface area contributed by atoms with Gasteiger partial charge in [-0.3, -0.25) is 29.4 Å². The van der Waals surface area contributed by atoms with Crippen molar-refractivity contribution in [2.45, 2.75) is 11.8 Å². The van der Waals surface area contributed by atoms with Crippen molar-refractivity contribution in [1.29, 1.82) is 0 Å². The number of thioether (sulfide) groups is 1. The number of carbonyl (C=O) groups excluding carboxylic acids is 3. The van der Waals surface area contributed by atoms with Gasteiger partial charge < -0.3 is 14.2 Å². The lowest BCUT2D eigenvalue weighted by Gasteiger charge is -2.13. The van der Waals surface area contributed by atoms with Crippen molar-refractivity contribution in [3.63, 3.8) is 0 Å². The molecule has 0 bridgehead atoms. The molecule has 1 aliphatic rings. The molecule has 0 aromatic heterocycles. The summed E-state index contributed by atoms with van der Waals surface area (Å²) >= 11 is 0.726. The number of hydrogen-bond donors (Lipinski definition) is 1. The molecule has 4 aromatic rings. The molecule has 0 saturated carbocycles. The number of benzene rings is 4. The summed E-state index contributed by atoms with van der Waals surface area (Å²) in [5, 5.41) is 15.4. The van der Waals surface area contributed by atoms with Crippen LogP contribution in [0.1, 0.15) is 21.5 Å². The molecule has 12 nitrogen and oxygen atoms in total. The van der Waals surface area contributed by atoms with E-state index >= 15 is 0 Å². The zero-order chi connectivity index (χ0) is 32.3. The summed E-state index contributed by atoms with van der Waals surface area (Å²) in [5.41, 5.74) is 0.786. The maximum atomic E-state index is 13.0. The highest BCUT2D eigenvalue weighted by molar-refractivity contribution is 8.18. The minimum absolute atomic E-state index is 0.00423. The summed E-state index contributed by atoms with van der Waals surface area (Å²) in [5.74, 6) is -1.06. The molecular weight excluding hydrogens is 622 g/mol. The number of nitro benzene ring substituents is 1. The molecule has 3 amide bonds. The standard InChI is InChI=1S/C31H25N3O9S2/c1-19-7-11-24(18-25(19)34(38)39)45(40,41)43-26-12-8-20(15-27(26)42-2)16-28-30(36)33(31(37)44-28)14-13-32-29(35)23-10-9-21-5-3-4-6-22(21)17-23/h3-12,15-18H,13-14H2,1-2H3,(H,32,35)/b28-16-. The van der Waals surface area contributed by atoms with E-state index in [0.29, 0.717) is 11.1 Å². The number of ether oxygens (including phenoxy) is 1. The lowest BCUT2D eigenvalue weighted by atomic mass is 10.1. The normalized spacial score (nSPS) is 14.2. The Bertz CT molecular complexity index is 2010. The van der Waals surface area contributed by atoms with Gasteiger partial charge in [-0.1, -0.05) is 42.5 Å². The fourth-order valence-corrected chi connectivity index (χ4v) is 6.33. The second-order valence-corrected chi connectivity index (χ2v) is 12.3. The quantitative estimate of drug-likeness (QED) is 0.103. The first-order chi connectivity index (χ1) is 21.5. The predicted octanol–water partition coefficient (Wildman–Crippen LogP) is 5.30. The molecule has 0 spiro atoms. The molecule has 14 heteroatoms. The Morgan fingerprint density at radius 1 is 1.00 bits per heavy atom. The van der Waals surface area contributed by atoms with Gasteiger partial charge in [-0.05, 0) is 71.4 Å². The van der Waals surface area contributed by atoms with Crippen LogP contribution in [-0.2, 0) is 14.9 Å². The van der Waals surface area contributed by atoms with Crippen LogP contribution in [0, 0.1) is 17.0 Å². The summed E-state index contributed by atoms with van der Waals surface area (Å²) in [7, 11) is -3.17. The number of imide groups is 1. The summed E-state index contributed by atoms with van der Waals surface area (Å²) in [6.07, 6.45) is 1.45. The van der Waals surface area contributed by atoms with Gasteiger partial charge in [-0.2, -0.15) is 8.42 Å². The molecule has 1 N–H and O–H groups in total. The Hall–Kier alpha value is -5.21. The monoisotopic (exact) mass is 647 g/mol. The molecule has 1 aliphatic heterocycles. The Morgan fingerprint density at radius 3 is 2.49 bits per heavy atom. The number of nitrogens with zero attached hydrogens (tertiary/aromatic N) is 2. The fraction of sp³-hybridized carbons (Fsp3) is 0.129. The molecule has 0 radical (unpaired) electrons. The number of fused-ring (bicyclic) bond motifs is 1. The van der Waals surface area contributed by atoms with Crippen LogP contribution in [0.15, 0.2) is 88.7 Å². The van der Waals surface area contributed by atoms with Gasteiger partial charge in [0.15, 0.2) is 11.5 Å². The lowest BCUT2D eigenvalue weighted by Crippen LogP contribution is -2.37. The van der Waals surface area contributed by atoms with Crippen molar-refractivity contribution in [3.05, 3.63) is 111 Å². The van der Waals surface area contributed by atoms with Gasteiger partial charge in [-0.15, -0.1) is 0 Å². The third kappa shape index (κ3) is 6.81. The van der Waals surface area contributed by atoms with E-state index in [1.165, 1.54) is 50.4 Å². The van der Waals surface area contributed by atoms with Crippen LogP contribution in [0.3, 0.4) is 0 Å². The molecule has 4 aromatic carbocycles. The SMILES string of the molecule is COc1cc(/C=C2\SC(=O)N(CCNC(=O)c3ccc4ccccc4c3)C2=O)ccc1OS(=O)(=O)c1ccc(C)c([N+](=O)[O-])c1. The fourth-order valence-electron chi connectivity index (χ4n) is 4.51. The van der Waals surface area contributed by atoms with Crippen LogP contribution in [0.25, 0.3) is 16.8 Å². The van der Waals surface area contributed by atoms with E-state index in [9.17, 15) is 32.9 Å². The first kappa shape index (κ1) is 31.2. The highest BCUT2D eigenvalue weighted by atomic mass is 32.2. The van der Waals surface area contributed by atoms with E-state index in [-0.39, 0.29) is 46.7 Å². The van der Waals surface area contributed by atoms with Crippen LogP contribution >= 0.6 is 11.8 Å². The number of rotatable bonds is 10. The van der Waals surface area contributed by atoms with Crippen LogP contribution in [-0.4, -0.2) is 55.5 Å². The number of amides is 3. The lowest BCUT2D eigenvalue weighted by molar-refractivity contribution is -0.385. The van der Waals surface area contributed by atoms with Crippen LogP contribution in [0.4, 0.5) is 10.5 Å². The maximum absolute atomic E-state index is 13.0. The van der Waals surface area contributed by atoms with Crippen molar-refractivity contribution < 1.29 is 36.6 Å². The van der Waals surface area contributed by atoms with E-state index in [1.54, 1.807) is 12.1 Å². The van der Waals surface area contributed by atoms with Crippen molar-refractivity contribution >= 4 is 61.5 Å². The van der Waals surface area contributed by atoms with E-state index in [1.807, 2.05) is 30.3 Å². The zero-order valence-electron chi connectivity index (χ0n) is 23.9. The van der Waals surface area contributed by atoms with Gasteiger partial charge in [0.1, 0.15) is 4.90 Å². The third-order valence-electron chi connectivity index (χ3n) is 6.86. The second-order valence-electron chi connectivity index (χ2n) is 9.80. The van der Waals surface area contributed by atoms with Crippen LogP contribution in [0.5, 0.6) is 11.5 Å². The van der Waals surface area contributed by atoms with Gasteiger partial charge in [0.2, 0.25) is 0 Å². The van der Waals surface area contributed by atoms with Gasteiger partial charge >= 0.3 is 10.1 Å². The summed E-state index contributed by atoms with van der Waals surface area (Å²) < 4.78 is 36.2. The molecule has 230 valence electrons. The van der Waals surface area contributed by atoms with E-state index in [4.69, 9.17) is 8.92 Å². The molecule has 1 heterocycles. The van der Waals surface area contributed by atoms with E-state index < -0.39 is 31.1 Å². The molecular formula is C31H25N3O9S2. The average Bonchev–Trinajstić information content (AvgIpc) is 3.28. The molecule has 45 heavy (non-hydrogen) atoms. The molecule has 1 fully saturated rings. The summed E-state index contributed by atoms with van der Waals surface area (Å²) in [4.78, 5) is 49.5. The number of aryl methyl sites for hydroxylation is 1. The van der Waals surface area contributed by atoms with Crippen molar-refractivity contribution in [2.24, 2.45) is 0 Å². The minimum atomic E-state index is -4.46. The van der Waals surface area contributed by atoms with Gasteiger partial charge in [0.05, 0.1) is 16.9 Å². The van der Waals surface area contributed by atoms with Crippen molar-refractivity contribution in [2.75, 3.05) is 20.2 Å². The highest BCUT2D eigenvalue weighted by Crippen LogP contribution is 2.36. The van der Waals surface area contributed by atoms with Crippen LogP contribution in [0.2, 0.25) is 0 Å². The molecule has 0 unspecified atom stereocenters. The third-order valence-corrected chi connectivity index (χ3v) is 8.99. The number of nitrogens with one attached hydrogen (secondary N) is 1. The zero-order valence-corrected chi connectivity index (χ0v) is 25.5. The number of carbonyl (C=O) groups is 3. The van der Waals surface area contributed by atoms with Gasteiger partial charge in [-0.25, -0.2) is 0 Å². The van der Waals surface area contributed by atoms with Gasteiger partial charge in [0, 0.05) is 30.3 Å². The van der Waals surface area contributed by atoms with E-state index in [0.717, 1.165) is 33.5 Å². The van der Waals surface area contributed by atoms with Crippen LogP contribution < -0.4 is 14.2 Å².